The number of benzene rings is 1. The quantitative estimate of drug-likeness (QED) is 0.646. The van der Waals surface area contributed by atoms with Crippen molar-refractivity contribution in [1.29, 1.82) is 0 Å². The summed E-state index contributed by atoms with van der Waals surface area (Å²) < 4.78 is 5.31. The van der Waals surface area contributed by atoms with E-state index in [4.69, 9.17) is 10.5 Å². The predicted octanol–water partition coefficient (Wildman–Crippen LogP) is 3.71. The van der Waals surface area contributed by atoms with Crippen molar-refractivity contribution in [2.24, 2.45) is 5.73 Å². The van der Waals surface area contributed by atoms with Gasteiger partial charge in [-0.25, -0.2) is 0 Å². The fraction of sp³-hybridized carbons (Fsp3) is 0.588. The standard InChI is InChI=1S/C17H28N2O2/c1-4-5-6-7-10-13-17(2,16(18)20)19-14-11-8-9-12-15(14)21-3/h8-9,11-12,19H,4-7,10,13H2,1-3H3,(H2,18,20). The number of methoxy groups -OCH3 is 1. The summed E-state index contributed by atoms with van der Waals surface area (Å²) in [5, 5.41) is 3.27. The zero-order valence-electron chi connectivity index (χ0n) is 13.4. The third kappa shape index (κ3) is 5.29. The first-order valence-corrected chi connectivity index (χ1v) is 7.74. The number of nitrogens with two attached hydrogens (primary N) is 1. The van der Waals surface area contributed by atoms with E-state index in [9.17, 15) is 4.79 Å². The summed E-state index contributed by atoms with van der Waals surface area (Å²) in [5.41, 5.74) is 5.66. The predicted molar refractivity (Wildman–Crippen MR) is 87.6 cm³/mol. The van der Waals surface area contributed by atoms with Gasteiger partial charge in [0.1, 0.15) is 11.3 Å². The van der Waals surface area contributed by atoms with Gasteiger partial charge in [-0.15, -0.1) is 0 Å². The largest absolute Gasteiger partial charge is 0.495 e. The van der Waals surface area contributed by atoms with Crippen LogP contribution in [-0.4, -0.2) is 18.6 Å². The van der Waals surface area contributed by atoms with Crippen molar-refractivity contribution in [1.82, 2.24) is 0 Å². The molecule has 3 N–H and O–H groups in total. The molecule has 1 aromatic carbocycles. The van der Waals surface area contributed by atoms with E-state index < -0.39 is 5.54 Å². The summed E-state index contributed by atoms with van der Waals surface area (Å²) >= 11 is 0. The van der Waals surface area contributed by atoms with Crippen molar-refractivity contribution in [3.8, 4) is 5.75 Å². The van der Waals surface area contributed by atoms with Crippen LogP contribution < -0.4 is 15.8 Å². The Labute approximate surface area is 128 Å². The molecule has 1 rings (SSSR count). The number of nitrogens with one attached hydrogen (secondary N) is 1. The lowest BCUT2D eigenvalue weighted by molar-refractivity contribution is -0.122. The Hall–Kier alpha value is -1.71. The second-order valence-electron chi connectivity index (χ2n) is 5.69. The Morgan fingerprint density at radius 2 is 1.90 bits per heavy atom. The smallest absolute Gasteiger partial charge is 0.242 e. The van der Waals surface area contributed by atoms with Crippen molar-refractivity contribution < 1.29 is 9.53 Å². The Kier molecular flexibility index (Phi) is 7.06. The van der Waals surface area contributed by atoms with E-state index in [1.54, 1.807) is 7.11 Å². The van der Waals surface area contributed by atoms with Gasteiger partial charge < -0.3 is 15.8 Å². The van der Waals surface area contributed by atoms with E-state index in [-0.39, 0.29) is 5.91 Å². The topological polar surface area (TPSA) is 64.3 Å². The molecule has 4 nitrogen and oxygen atoms in total. The van der Waals surface area contributed by atoms with Crippen molar-refractivity contribution in [3.05, 3.63) is 24.3 Å². The number of unbranched alkanes of at least 4 members (excludes halogenated alkanes) is 4. The summed E-state index contributed by atoms with van der Waals surface area (Å²) in [5.74, 6) is 0.389. The zero-order chi connectivity index (χ0) is 15.7. The summed E-state index contributed by atoms with van der Waals surface area (Å²) in [6, 6.07) is 7.58. The second kappa shape index (κ2) is 8.55. The lowest BCUT2D eigenvalue weighted by atomic mass is 9.92. The van der Waals surface area contributed by atoms with Crippen LogP contribution in [-0.2, 0) is 4.79 Å². The molecule has 4 heteroatoms. The number of carbonyl (C=O) groups excluding carboxylic acids is 1. The highest BCUT2D eigenvalue weighted by Crippen LogP contribution is 2.28. The van der Waals surface area contributed by atoms with Crippen LogP contribution in [0.4, 0.5) is 5.69 Å². The Morgan fingerprint density at radius 3 is 2.52 bits per heavy atom. The minimum atomic E-state index is -0.749. The van der Waals surface area contributed by atoms with Crippen LogP contribution in [0.25, 0.3) is 0 Å². The van der Waals surface area contributed by atoms with Gasteiger partial charge in [0.25, 0.3) is 0 Å². The number of carbonyl (C=O) groups is 1. The number of para-hydroxylation sites is 2. The van der Waals surface area contributed by atoms with Crippen LogP contribution in [0.15, 0.2) is 24.3 Å². The molecule has 0 aliphatic carbocycles. The molecular formula is C17H28N2O2. The Balaban J connectivity index is 2.69. The molecular weight excluding hydrogens is 264 g/mol. The zero-order valence-corrected chi connectivity index (χ0v) is 13.4. The minimum absolute atomic E-state index is 0.330. The lowest BCUT2D eigenvalue weighted by Gasteiger charge is -2.29. The van der Waals surface area contributed by atoms with Gasteiger partial charge in [-0.05, 0) is 25.5 Å². The highest BCUT2D eigenvalue weighted by atomic mass is 16.5. The maximum atomic E-state index is 11.9. The summed E-state index contributed by atoms with van der Waals surface area (Å²) in [7, 11) is 1.62. The van der Waals surface area contributed by atoms with Gasteiger partial charge in [0, 0.05) is 0 Å². The van der Waals surface area contributed by atoms with Gasteiger partial charge in [-0.2, -0.15) is 0 Å². The van der Waals surface area contributed by atoms with Gasteiger partial charge in [0.05, 0.1) is 12.8 Å². The summed E-state index contributed by atoms with van der Waals surface area (Å²) in [6.45, 7) is 4.05. The van der Waals surface area contributed by atoms with Crippen LogP contribution in [0.1, 0.15) is 52.4 Å². The number of primary amides is 1. The first-order chi connectivity index (χ1) is 10.0. The van der Waals surface area contributed by atoms with Crippen molar-refractivity contribution in [2.45, 2.75) is 57.9 Å². The molecule has 21 heavy (non-hydrogen) atoms. The van der Waals surface area contributed by atoms with Gasteiger partial charge in [0.15, 0.2) is 0 Å². The highest BCUT2D eigenvalue weighted by molar-refractivity contribution is 5.88. The van der Waals surface area contributed by atoms with Crippen LogP contribution in [0.2, 0.25) is 0 Å². The van der Waals surface area contributed by atoms with E-state index in [0.717, 1.165) is 30.7 Å². The maximum absolute atomic E-state index is 11.9. The third-order valence-corrected chi connectivity index (χ3v) is 3.84. The molecule has 0 bridgehead atoms. The average Bonchev–Trinajstić information content (AvgIpc) is 2.47. The van der Waals surface area contributed by atoms with Gasteiger partial charge in [0.2, 0.25) is 5.91 Å². The van der Waals surface area contributed by atoms with Gasteiger partial charge >= 0.3 is 0 Å². The van der Waals surface area contributed by atoms with Crippen LogP contribution in [0.5, 0.6) is 5.75 Å². The molecule has 0 saturated heterocycles. The SMILES string of the molecule is CCCCCCCC(C)(Nc1ccccc1OC)C(N)=O. The van der Waals surface area contributed by atoms with Crippen LogP contribution in [0, 0.1) is 0 Å². The Bertz CT molecular complexity index is 448. The first kappa shape index (κ1) is 17.3. The summed E-state index contributed by atoms with van der Waals surface area (Å²) in [4.78, 5) is 11.9. The molecule has 0 aliphatic rings. The molecule has 1 unspecified atom stereocenters. The van der Waals surface area contributed by atoms with E-state index in [0.29, 0.717) is 0 Å². The molecule has 118 valence electrons. The molecule has 0 spiro atoms. The van der Waals surface area contributed by atoms with E-state index in [1.807, 2.05) is 31.2 Å². The monoisotopic (exact) mass is 292 g/mol. The maximum Gasteiger partial charge on any atom is 0.242 e. The van der Waals surface area contributed by atoms with Crippen molar-refractivity contribution in [2.75, 3.05) is 12.4 Å². The normalized spacial score (nSPS) is 13.5. The number of ether oxygens (including phenoxy) is 1. The fourth-order valence-corrected chi connectivity index (χ4v) is 2.37. The van der Waals surface area contributed by atoms with E-state index in [2.05, 4.69) is 12.2 Å². The lowest BCUT2D eigenvalue weighted by Crippen LogP contribution is -2.47. The molecule has 0 aromatic heterocycles. The van der Waals surface area contributed by atoms with Crippen molar-refractivity contribution in [3.63, 3.8) is 0 Å². The molecule has 0 saturated carbocycles. The van der Waals surface area contributed by atoms with Gasteiger partial charge in [-0.3, -0.25) is 4.79 Å². The minimum Gasteiger partial charge on any atom is -0.495 e. The molecule has 1 atom stereocenters. The van der Waals surface area contributed by atoms with Crippen molar-refractivity contribution >= 4 is 11.6 Å². The number of anilines is 1. The fourth-order valence-electron chi connectivity index (χ4n) is 2.37. The molecule has 1 amide bonds. The Morgan fingerprint density at radius 1 is 1.24 bits per heavy atom. The molecule has 0 aliphatic heterocycles. The average molecular weight is 292 g/mol. The van der Waals surface area contributed by atoms with Gasteiger partial charge in [-0.1, -0.05) is 51.2 Å². The molecule has 0 radical (unpaired) electrons. The number of hydrogen-bond acceptors (Lipinski definition) is 3. The first-order valence-electron chi connectivity index (χ1n) is 7.74. The van der Waals surface area contributed by atoms with E-state index in [1.165, 1.54) is 19.3 Å². The highest BCUT2D eigenvalue weighted by Gasteiger charge is 2.31. The number of hydrogen-bond donors (Lipinski definition) is 2. The number of amides is 1. The number of rotatable bonds is 10. The van der Waals surface area contributed by atoms with Crippen LogP contribution in [0.3, 0.4) is 0 Å². The van der Waals surface area contributed by atoms with Crippen LogP contribution >= 0.6 is 0 Å². The second-order valence-corrected chi connectivity index (χ2v) is 5.69. The summed E-state index contributed by atoms with van der Waals surface area (Å²) in [6.07, 6.45) is 6.51. The third-order valence-electron chi connectivity index (χ3n) is 3.84. The molecule has 0 heterocycles. The molecule has 0 fully saturated rings. The molecule has 1 aromatic rings. The van der Waals surface area contributed by atoms with E-state index >= 15 is 0 Å².